The van der Waals surface area contributed by atoms with Gasteiger partial charge in [0.2, 0.25) is 0 Å². The lowest BCUT2D eigenvalue weighted by molar-refractivity contribution is -0.151. The Morgan fingerprint density at radius 2 is 1.96 bits per heavy atom. The Hall–Kier alpha value is -2.41. The molecule has 1 saturated heterocycles. The van der Waals surface area contributed by atoms with Gasteiger partial charge in [-0.1, -0.05) is 5.16 Å². The summed E-state index contributed by atoms with van der Waals surface area (Å²) < 4.78 is 23.3. The number of halogens is 1. The molecular weight excluding hydrogens is 325 g/mol. The highest BCUT2D eigenvalue weighted by Gasteiger charge is 2.27. The van der Waals surface area contributed by atoms with Gasteiger partial charge in [-0.15, -0.1) is 0 Å². The number of carbonyl (C=O) groups is 1. The summed E-state index contributed by atoms with van der Waals surface area (Å²) in [6.45, 7) is 6.83. The van der Waals surface area contributed by atoms with Gasteiger partial charge >= 0.3 is 5.97 Å². The van der Waals surface area contributed by atoms with Gasteiger partial charge in [-0.2, -0.15) is 0 Å². The van der Waals surface area contributed by atoms with Crippen LogP contribution in [0.1, 0.15) is 18.4 Å². The van der Waals surface area contributed by atoms with Crippen molar-refractivity contribution in [3.05, 3.63) is 47.6 Å². The molecule has 0 unspecified atom stereocenters. The van der Waals surface area contributed by atoms with Crippen molar-refractivity contribution in [2.24, 2.45) is 0 Å². The summed E-state index contributed by atoms with van der Waals surface area (Å²) in [4.78, 5) is 16.5. The second-order valence-electron chi connectivity index (χ2n) is 6.21. The van der Waals surface area contributed by atoms with E-state index in [0.717, 1.165) is 31.9 Å². The Bertz CT molecular complexity index is 709. The SMILES string of the molecule is Cc1cc(COC(=O)[C@@H](C)N2CCN(c3ccc(F)cc3)CC2)no1. The zero-order chi connectivity index (χ0) is 17.8. The number of hydrogen-bond acceptors (Lipinski definition) is 6. The molecule has 1 aromatic carbocycles. The number of hydrogen-bond donors (Lipinski definition) is 0. The number of anilines is 1. The molecule has 0 amide bonds. The molecule has 0 spiro atoms. The van der Waals surface area contributed by atoms with E-state index in [9.17, 15) is 9.18 Å². The highest BCUT2D eigenvalue weighted by atomic mass is 19.1. The second kappa shape index (κ2) is 7.65. The van der Waals surface area contributed by atoms with Crippen LogP contribution in [0.3, 0.4) is 0 Å². The number of esters is 1. The summed E-state index contributed by atoms with van der Waals surface area (Å²) in [6.07, 6.45) is 0. The molecule has 2 aromatic rings. The molecule has 3 rings (SSSR count). The number of ether oxygens (including phenoxy) is 1. The summed E-state index contributed by atoms with van der Waals surface area (Å²) >= 11 is 0. The van der Waals surface area contributed by atoms with E-state index in [1.54, 1.807) is 25.1 Å². The standard InChI is InChI=1S/C18H22FN3O3/c1-13-11-16(20-25-13)12-24-18(23)14(2)21-7-9-22(10-8-21)17-5-3-15(19)4-6-17/h3-6,11,14H,7-10,12H2,1-2H3/t14-/m1/s1. The van der Waals surface area contributed by atoms with Crippen molar-refractivity contribution in [2.45, 2.75) is 26.5 Å². The van der Waals surface area contributed by atoms with Gasteiger partial charge in [0.1, 0.15) is 29.9 Å². The smallest absolute Gasteiger partial charge is 0.323 e. The second-order valence-corrected chi connectivity index (χ2v) is 6.21. The molecule has 6 nitrogen and oxygen atoms in total. The summed E-state index contributed by atoms with van der Waals surface area (Å²) in [5, 5.41) is 3.81. The van der Waals surface area contributed by atoms with Gasteiger partial charge in [0.25, 0.3) is 0 Å². The third-order valence-electron chi connectivity index (χ3n) is 4.43. The Morgan fingerprint density at radius 3 is 2.56 bits per heavy atom. The van der Waals surface area contributed by atoms with Crippen molar-refractivity contribution in [3.63, 3.8) is 0 Å². The molecule has 0 radical (unpaired) electrons. The molecule has 1 aliphatic rings. The van der Waals surface area contributed by atoms with Crippen LogP contribution in [0, 0.1) is 12.7 Å². The lowest BCUT2D eigenvalue weighted by Crippen LogP contribution is -2.52. The van der Waals surface area contributed by atoms with Crippen LogP contribution in [0.15, 0.2) is 34.9 Å². The van der Waals surface area contributed by atoms with Crippen molar-refractivity contribution in [3.8, 4) is 0 Å². The first kappa shape index (κ1) is 17.4. The Balaban J connectivity index is 1.48. The molecule has 134 valence electrons. The minimum atomic E-state index is -0.316. The Morgan fingerprint density at radius 1 is 1.28 bits per heavy atom. The molecular formula is C18H22FN3O3. The molecule has 7 heteroatoms. The van der Waals surface area contributed by atoms with E-state index in [1.807, 2.05) is 6.92 Å². The van der Waals surface area contributed by atoms with Gasteiger partial charge in [-0.3, -0.25) is 9.69 Å². The molecule has 1 aliphatic heterocycles. The fourth-order valence-corrected chi connectivity index (χ4v) is 2.92. The van der Waals surface area contributed by atoms with Crippen LogP contribution in [0.2, 0.25) is 0 Å². The zero-order valence-electron chi connectivity index (χ0n) is 14.4. The van der Waals surface area contributed by atoms with Crippen molar-refractivity contribution in [2.75, 3.05) is 31.1 Å². The van der Waals surface area contributed by atoms with Crippen molar-refractivity contribution in [1.29, 1.82) is 0 Å². The third kappa shape index (κ3) is 4.36. The minimum Gasteiger partial charge on any atom is -0.458 e. The van der Waals surface area contributed by atoms with Gasteiger partial charge in [0.15, 0.2) is 0 Å². The van der Waals surface area contributed by atoms with Crippen LogP contribution in [0.5, 0.6) is 0 Å². The molecule has 1 atom stereocenters. The first-order chi connectivity index (χ1) is 12.0. The average Bonchev–Trinajstić information content (AvgIpc) is 3.05. The van der Waals surface area contributed by atoms with E-state index in [4.69, 9.17) is 9.26 Å². The van der Waals surface area contributed by atoms with Gasteiger partial charge < -0.3 is 14.2 Å². The molecule has 1 fully saturated rings. The van der Waals surface area contributed by atoms with Gasteiger partial charge in [0, 0.05) is 37.9 Å². The number of aryl methyl sites for hydroxylation is 1. The quantitative estimate of drug-likeness (QED) is 0.774. The summed E-state index contributed by atoms with van der Waals surface area (Å²) in [6, 6.07) is 7.92. The number of piperazine rings is 1. The number of carbonyl (C=O) groups excluding carboxylic acids is 1. The molecule has 0 bridgehead atoms. The lowest BCUT2D eigenvalue weighted by atomic mass is 10.2. The number of rotatable bonds is 5. The first-order valence-corrected chi connectivity index (χ1v) is 8.36. The molecule has 2 heterocycles. The summed E-state index contributed by atoms with van der Waals surface area (Å²) in [5.41, 5.74) is 1.61. The van der Waals surface area contributed by atoms with Gasteiger partial charge in [-0.05, 0) is 38.1 Å². The predicted molar refractivity (Wildman–Crippen MR) is 90.7 cm³/mol. The fraction of sp³-hybridized carbons (Fsp3) is 0.444. The van der Waals surface area contributed by atoms with E-state index in [1.165, 1.54) is 12.1 Å². The molecule has 25 heavy (non-hydrogen) atoms. The highest BCUT2D eigenvalue weighted by molar-refractivity contribution is 5.75. The maximum absolute atomic E-state index is 13.0. The number of aromatic nitrogens is 1. The van der Waals surface area contributed by atoms with Crippen LogP contribution in [0.4, 0.5) is 10.1 Å². The molecule has 1 aromatic heterocycles. The van der Waals surface area contributed by atoms with Gasteiger partial charge in [-0.25, -0.2) is 4.39 Å². The van der Waals surface area contributed by atoms with Crippen LogP contribution >= 0.6 is 0 Å². The lowest BCUT2D eigenvalue weighted by Gasteiger charge is -2.38. The fourth-order valence-electron chi connectivity index (χ4n) is 2.92. The van der Waals surface area contributed by atoms with Crippen molar-refractivity contribution in [1.82, 2.24) is 10.1 Å². The van der Waals surface area contributed by atoms with Crippen molar-refractivity contribution < 1.29 is 18.4 Å². The normalized spacial score (nSPS) is 16.7. The predicted octanol–water partition coefficient (Wildman–Crippen LogP) is 2.38. The van der Waals surface area contributed by atoms with Crippen molar-refractivity contribution >= 4 is 11.7 Å². The third-order valence-corrected chi connectivity index (χ3v) is 4.43. The minimum absolute atomic E-state index is 0.121. The summed E-state index contributed by atoms with van der Waals surface area (Å²) in [5.74, 6) is 0.188. The largest absolute Gasteiger partial charge is 0.458 e. The van der Waals surface area contributed by atoms with Gasteiger partial charge in [0.05, 0.1) is 0 Å². The maximum Gasteiger partial charge on any atom is 0.323 e. The average molecular weight is 347 g/mol. The van der Waals surface area contributed by atoms with Crippen LogP contribution in [0.25, 0.3) is 0 Å². The maximum atomic E-state index is 13.0. The van der Waals surface area contributed by atoms with E-state index < -0.39 is 0 Å². The Labute approximate surface area is 146 Å². The monoisotopic (exact) mass is 347 g/mol. The first-order valence-electron chi connectivity index (χ1n) is 8.36. The van der Waals surface area contributed by atoms with Crippen LogP contribution in [-0.2, 0) is 16.1 Å². The van der Waals surface area contributed by atoms with Crippen LogP contribution < -0.4 is 4.90 Å². The van der Waals surface area contributed by atoms with Crippen LogP contribution in [-0.4, -0.2) is 48.2 Å². The topological polar surface area (TPSA) is 58.8 Å². The number of benzene rings is 1. The van der Waals surface area contributed by atoms with E-state index in [2.05, 4.69) is 15.0 Å². The highest BCUT2D eigenvalue weighted by Crippen LogP contribution is 2.18. The van der Waals surface area contributed by atoms with E-state index >= 15 is 0 Å². The Kier molecular flexibility index (Phi) is 5.33. The molecule has 0 saturated carbocycles. The number of nitrogens with zero attached hydrogens (tertiary/aromatic N) is 3. The zero-order valence-corrected chi connectivity index (χ0v) is 14.4. The molecule has 0 aliphatic carbocycles. The summed E-state index contributed by atoms with van der Waals surface area (Å²) in [7, 11) is 0. The van der Waals surface area contributed by atoms with E-state index in [0.29, 0.717) is 11.5 Å². The van der Waals surface area contributed by atoms with E-state index in [-0.39, 0.29) is 24.4 Å². The molecule has 0 N–H and O–H groups in total.